The fourth-order valence-electron chi connectivity index (χ4n) is 7.74. The molecule has 0 unspecified atom stereocenters. The minimum atomic E-state index is -0.218. The molecule has 0 N–H and O–H groups in total. The van der Waals surface area contributed by atoms with Crippen LogP contribution in [0.3, 0.4) is 0 Å². The first kappa shape index (κ1) is 33.8. The van der Waals surface area contributed by atoms with Crippen LogP contribution >= 0.6 is 0 Å². The maximum atomic E-state index is 14.6. The summed E-state index contributed by atoms with van der Waals surface area (Å²) in [4.78, 5) is 16.8. The standard InChI is InChI=1S/C50H43N2O/c1-34-20-24-38(25-21-34)46-31-41(36-14-8-6-9-15-36)32-47(39-26-22-35(2)23-27-39)52(46)42-30-40(49(53)43(33-42)37-16-10-7-11-17-37)28-29-48-50(3,4)44-18-12-13-19-45(44)51(48)5/h6-33H,1-5H3/q+1/b40-28-,48-29-. The summed E-state index contributed by atoms with van der Waals surface area (Å²) in [5.74, 6) is 0.00282. The minimum Gasteiger partial charge on any atom is -0.347 e. The fraction of sp³-hybridized carbons (Fsp3) is 0.120. The molecule has 8 rings (SSSR count). The molecule has 0 amide bonds. The molecule has 5 aromatic carbocycles. The highest BCUT2D eigenvalue weighted by Crippen LogP contribution is 2.46. The van der Waals surface area contributed by atoms with E-state index in [1.54, 1.807) is 0 Å². The van der Waals surface area contributed by atoms with E-state index in [2.05, 4.69) is 178 Å². The molecule has 1 aliphatic heterocycles. The summed E-state index contributed by atoms with van der Waals surface area (Å²) in [6, 6.07) is 51.2. The number of aryl methyl sites for hydroxylation is 2. The van der Waals surface area contributed by atoms with Crippen molar-refractivity contribution in [2.45, 2.75) is 33.1 Å². The molecule has 6 aromatic rings. The number of carbonyl (C=O) groups is 1. The highest BCUT2D eigenvalue weighted by atomic mass is 16.1. The van der Waals surface area contributed by atoms with Gasteiger partial charge in [-0.25, -0.2) is 0 Å². The summed E-state index contributed by atoms with van der Waals surface area (Å²) in [6.07, 6.45) is 8.30. The predicted molar refractivity (Wildman–Crippen MR) is 220 cm³/mol. The van der Waals surface area contributed by atoms with Gasteiger partial charge in [0.25, 0.3) is 0 Å². The molecular formula is C50H43N2O+. The normalized spacial score (nSPS) is 16.5. The third-order valence-electron chi connectivity index (χ3n) is 10.7. The molecule has 53 heavy (non-hydrogen) atoms. The van der Waals surface area contributed by atoms with Gasteiger partial charge in [-0.3, -0.25) is 4.79 Å². The van der Waals surface area contributed by atoms with Crippen molar-refractivity contribution >= 4 is 22.7 Å². The second-order valence-corrected chi connectivity index (χ2v) is 14.6. The van der Waals surface area contributed by atoms with Crippen molar-refractivity contribution in [1.82, 2.24) is 0 Å². The van der Waals surface area contributed by atoms with Crippen LogP contribution in [0.15, 0.2) is 181 Å². The SMILES string of the molecule is Cc1ccc(-c2cc(-c3ccccc3)cc(-c3ccc(C)cc3)[n+]2C2=C/C(=C/C=C3\N(C)c4ccccc4C3(C)C)C(=O)C(c3ccccc3)=C2)cc1. The lowest BCUT2D eigenvalue weighted by Crippen LogP contribution is -2.38. The molecule has 0 saturated heterocycles. The van der Waals surface area contributed by atoms with E-state index >= 15 is 0 Å². The number of allylic oxidation sites excluding steroid dienone is 8. The largest absolute Gasteiger partial charge is 0.347 e. The Morgan fingerprint density at radius 2 is 1.09 bits per heavy atom. The smallest absolute Gasteiger partial charge is 0.219 e. The van der Waals surface area contributed by atoms with Gasteiger partial charge in [-0.15, -0.1) is 0 Å². The van der Waals surface area contributed by atoms with Gasteiger partial charge >= 0.3 is 0 Å². The third-order valence-corrected chi connectivity index (χ3v) is 10.7. The first-order valence-corrected chi connectivity index (χ1v) is 18.3. The van der Waals surface area contributed by atoms with Gasteiger partial charge in [0.1, 0.15) is 0 Å². The molecule has 3 heteroatoms. The van der Waals surface area contributed by atoms with Crippen LogP contribution in [0.1, 0.15) is 36.1 Å². The van der Waals surface area contributed by atoms with E-state index in [0.717, 1.165) is 50.6 Å². The molecular weight excluding hydrogens is 645 g/mol. The summed E-state index contributed by atoms with van der Waals surface area (Å²) in [7, 11) is 2.11. The number of hydrogen-bond acceptors (Lipinski definition) is 2. The van der Waals surface area contributed by atoms with E-state index < -0.39 is 0 Å². The molecule has 1 aliphatic carbocycles. The number of likely N-dealkylation sites (N-methyl/N-ethyl adjacent to an activating group) is 1. The summed E-state index contributed by atoms with van der Waals surface area (Å²) in [6.45, 7) is 8.75. The Labute approximate surface area is 313 Å². The number of carbonyl (C=O) groups excluding carboxylic acids is 1. The first-order chi connectivity index (χ1) is 25.7. The predicted octanol–water partition coefficient (Wildman–Crippen LogP) is 11.3. The summed E-state index contributed by atoms with van der Waals surface area (Å²) < 4.78 is 2.33. The van der Waals surface area contributed by atoms with Crippen LogP contribution in [0.25, 0.3) is 44.9 Å². The van der Waals surface area contributed by atoms with Crippen molar-refractivity contribution in [1.29, 1.82) is 0 Å². The van der Waals surface area contributed by atoms with E-state index in [0.29, 0.717) is 11.1 Å². The number of anilines is 1. The minimum absolute atomic E-state index is 0.00282. The zero-order valence-electron chi connectivity index (χ0n) is 31.0. The zero-order chi connectivity index (χ0) is 36.7. The van der Waals surface area contributed by atoms with Crippen LogP contribution in [0.4, 0.5) is 5.69 Å². The first-order valence-electron chi connectivity index (χ1n) is 18.3. The molecule has 0 fully saturated rings. The van der Waals surface area contributed by atoms with Crippen molar-refractivity contribution in [2.75, 3.05) is 11.9 Å². The Kier molecular flexibility index (Phi) is 8.72. The molecule has 0 atom stereocenters. The maximum absolute atomic E-state index is 14.6. The maximum Gasteiger partial charge on any atom is 0.219 e. The van der Waals surface area contributed by atoms with Crippen molar-refractivity contribution in [2.24, 2.45) is 0 Å². The van der Waals surface area contributed by atoms with Crippen LogP contribution in [-0.2, 0) is 10.2 Å². The molecule has 1 aromatic heterocycles. The van der Waals surface area contributed by atoms with Gasteiger partial charge in [-0.1, -0.05) is 128 Å². The van der Waals surface area contributed by atoms with Crippen LogP contribution < -0.4 is 9.47 Å². The Morgan fingerprint density at radius 1 is 0.566 bits per heavy atom. The average molecular weight is 688 g/mol. The fourth-order valence-corrected chi connectivity index (χ4v) is 7.74. The van der Waals surface area contributed by atoms with Crippen molar-refractivity contribution in [3.63, 3.8) is 0 Å². The second-order valence-electron chi connectivity index (χ2n) is 14.6. The van der Waals surface area contributed by atoms with E-state index in [4.69, 9.17) is 0 Å². The number of pyridine rings is 1. The average Bonchev–Trinajstić information content (AvgIpc) is 3.38. The molecule has 0 spiro atoms. The third kappa shape index (κ3) is 6.29. The van der Waals surface area contributed by atoms with Crippen LogP contribution in [0.2, 0.25) is 0 Å². The van der Waals surface area contributed by atoms with Crippen LogP contribution in [-0.4, -0.2) is 12.8 Å². The van der Waals surface area contributed by atoms with Gasteiger partial charge in [-0.05, 0) is 78.6 Å². The molecule has 3 nitrogen and oxygen atoms in total. The summed E-state index contributed by atoms with van der Waals surface area (Å²) >= 11 is 0. The quantitative estimate of drug-likeness (QED) is 0.129. The van der Waals surface area contributed by atoms with Crippen molar-refractivity contribution in [3.05, 3.63) is 203 Å². The van der Waals surface area contributed by atoms with Gasteiger partial charge in [0, 0.05) is 70.4 Å². The van der Waals surface area contributed by atoms with E-state index in [1.165, 1.54) is 22.4 Å². The van der Waals surface area contributed by atoms with E-state index in [-0.39, 0.29) is 11.2 Å². The Morgan fingerprint density at radius 3 is 1.66 bits per heavy atom. The van der Waals surface area contributed by atoms with E-state index in [9.17, 15) is 4.79 Å². The highest BCUT2D eigenvalue weighted by molar-refractivity contribution is 6.32. The second kappa shape index (κ2) is 13.7. The van der Waals surface area contributed by atoms with E-state index in [1.807, 2.05) is 36.4 Å². The molecule has 0 saturated carbocycles. The van der Waals surface area contributed by atoms with Crippen molar-refractivity contribution in [3.8, 4) is 33.6 Å². The summed E-state index contributed by atoms with van der Waals surface area (Å²) in [5.41, 5.74) is 15.4. The highest BCUT2D eigenvalue weighted by Gasteiger charge is 2.38. The van der Waals surface area contributed by atoms with Crippen LogP contribution in [0.5, 0.6) is 0 Å². The Hall–Kier alpha value is -6.32. The molecule has 2 heterocycles. The van der Waals surface area contributed by atoms with Gasteiger partial charge in [0.15, 0.2) is 5.78 Å². The van der Waals surface area contributed by atoms with Gasteiger partial charge < -0.3 is 4.90 Å². The molecule has 258 valence electrons. The number of para-hydroxylation sites is 1. The Balaban J connectivity index is 1.41. The van der Waals surface area contributed by atoms with Gasteiger partial charge in [0.2, 0.25) is 17.1 Å². The number of aromatic nitrogens is 1. The molecule has 2 aliphatic rings. The number of ketones is 1. The zero-order valence-corrected chi connectivity index (χ0v) is 31.0. The number of rotatable bonds is 6. The lowest BCUT2D eigenvalue weighted by atomic mass is 9.83. The van der Waals surface area contributed by atoms with Crippen molar-refractivity contribution < 1.29 is 9.36 Å². The van der Waals surface area contributed by atoms with Gasteiger partial charge in [-0.2, -0.15) is 4.57 Å². The molecule has 0 radical (unpaired) electrons. The number of benzene rings is 5. The lowest BCUT2D eigenvalue weighted by Gasteiger charge is -2.24. The monoisotopic (exact) mass is 687 g/mol. The number of fused-ring (bicyclic) bond motifs is 1. The molecule has 0 bridgehead atoms. The van der Waals surface area contributed by atoms with Gasteiger partial charge in [0.05, 0.1) is 0 Å². The number of hydrogen-bond donors (Lipinski definition) is 0. The lowest BCUT2D eigenvalue weighted by molar-refractivity contribution is -0.554. The Bertz CT molecular complexity index is 2410. The summed E-state index contributed by atoms with van der Waals surface area (Å²) in [5, 5.41) is 0. The topological polar surface area (TPSA) is 24.2 Å². The van der Waals surface area contributed by atoms with Crippen LogP contribution in [0, 0.1) is 13.8 Å². The number of Topliss-reactive ketones (excluding diaryl/α,β-unsaturated/α-hetero) is 1. The number of nitrogens with zero attached hydrogens (tertiary/aromatic N) is 2.